The van der Waals surface area contributed by atoms with Crippen LogP contribution in [0.25, 0.3) is 0 Å². The Kier molecular flexibility index (Phi) is 7.75. The van der Waals surface area contributed by atoms with Gasteiger partial charge in [0.2, 0.25) is 0 Å². The zero-order valence-electron chi connectivity index (χ0n) is 11.2. The van der Waals surface area contributed by atoms with Gasteiger partial charge in [-0.2, -0.15) is 11.8 Å². The van der Waals surface area contributed by atoms with Gasteiger partial charge in [-0.15, -0.1) is 0 Å². The number of amides is 1. The lowest BCUT2D eigenvalue weighted by Crippen LogP contribution is -2.25. The zero-order valence-corrected chi connectivity index (χ0v) is 12.8. The van der Waals surface area contributed by atoms with Crippen LogP contribution in [0.15, 0.2) is 18.2 Å². The molecule has 106 valence electrons. The Bertz CT molecular complexity index is 412. The van der Waals surface area contributed by atoms with E-state index >= 15 is 0 Å². The van der Waals surface area contributed by atoms with Crippen LogP contribution in [0.2, 0.25) is 5.02 Å². The van der Waals surface area contributed by atoms with Crippen LogP contribution in [-0.4, -0.2) is 24.5 Å². The topological polar surface area (TPSA) is 55.1 Å². The largest absolute Gasteiger partial charge is 0.398 e. The normalized spacial score (nSPS) is 10.4. The van der Waals surface area contributed by atoms with Crippen LogP contribution in [0.1, 0.15) is 36.0 Å². The molecule has 0 aliphatic carbocycles. The van der Waals surface area contributed by atoms with Gasteiger partial charge in [-0.25, -0.2) is 0 Å². The Morgan fingerprint density at radius 3 is 2.74 bits per heavy atom. The SMILES string of the molecule is CSCCCCCCNC(=O)c1ccc(Cl)cc1N. The molecule has 3 N–H and O–H groups in total. The summed E-state index contributed by atoms with van der Waals surface area (Å²) < 4.78 is 0. The lowest BCUT2D eigenvalue weighted by molar-refractivity contribution is 0.0954. The number of benzene rings is 1. The fourth-order valence-electron chi connectivity index (χ4n) is 1.76. The number of halogens is 1. The number of nitrogen functional groups attached to an aromatic ring is 1. The lowest BCUT2D eigenvalue weighted by Gasteiger charge is -2.07. The van der Waals surface area contributed by atoms with Gasteiger partial charge in [0, 0.05) is 17.3 Å². The number of anilines is 1. The maximum atomic E-state index is 11.9. The molecule has 1 rings (SSSR count). The monoisotopic (exact) mass is 300 g/mol. The summed E-state index contributed by atoms with van der Waals surface area (Å²) >= 11 is 7.67. The van der Waals surface area contributed by atoms with E-state index in [9.17, 15) is 4.79 Å². The summed E-state index contributed by atoms with van der Waals surface area (Å²) in [5, 5.41) is 3.43. The molecule has 0 bridgehead atoms. The molecule has 19 heavy (non-hydrogen) atoms. The fourth-order valence-corrected chi connectivity index (χ4v) is 2.44. The van der Waals surface area contributed by atoms with E-state index in [1.54, 1.807) is 18.2 Å². The zero-order chi connectivity index (χ0) is 14.1. The van der Waals surface area contributed by atoms with E-state index < -0.39 is 0 Å². The van der Waals surface area contributed by atoms with Gasteiger partial charge in [-0.1, -0.05) is 24.4 Å². The molecule has 0 aliphatic heterocycles. The molecule has 0 radical (unpaired) electrons. The molecule has 0 heterocycles. The number of thioether (sulfide) groups is 1. The van der Waals surface area contributed by atoms with Gasteiger partial charge in [0.1, 0.15) is 0 Å². The predicted molar refractivity (Wildman–Crippen MR) is 85.0 cm³/mol. The van der Waals surface area contributed by atoms with Crippen molar-refractivity contribution in [2.75, 3.05) is 24.3 Å². The average molecular weight is 301 g/mol. The van der Waals surface area contributed by atoms with Crippen LogP contribution in [0.3, 0.4) is 0 Å². The van der Waals surface area contributed by atoms with Gasteiger partial charge in [0.05, 0.1) is 5.56 Å². The van der Waals surface area contributed by atoms with E-state index in [0.29, 0.717) is 22.8 Å². The van der Waals surface area contributed by atoms with Crippen molar-refractivity contribution in [2.24, 2.45) is 0 Å². The van der Waals surface area contributed by atoms with Crippen molar-refractivity contribution in [2.45, 2.75) is 25.7 Å². The molecule has 0 fully saturated rings. The standard InChI is InChI=1S/C14H21ClN2OS/c1-19-9-5-3-2-4-8-17-14(18)12-7-6-11(15)10-13(12)16/h6-7,10H,2-5,8-9,16H2,1H3,(H,17,18). The second kappa shape index (κ2) is 9.10. The van der Waals surface area contributed by atoms with Gasteiger partial charge in [0.25, 0.3) is 5.91 Å². The van der Waals surface area contributed by atoms with Crippen molar-refractivity contribution in [3.8, 4) is 0 Å². The van der Waals surface area contributed by atoms with Crippen LogP contribution in [-0.2, 0) is 0 Å². The van der Waals surface area contributed by atoms with E-state index in [1.165, 1.54) is 18.6 Å². The van der Waals surface area contributed by atoms with Crippen LogP contribution < -0.4 is 11.1 Å². The Morgan fingerprint density at radius 1 is 1.32 bits per heavy atom. The number of unbranched alkanes of at least 4 members (excludes halogenated alkanes) is 3. The number of nitrogens with two attached hydrogens (primary N) is 1. The smallest absolute Gasteiger partial charge is 0.253 e. The Hall–Kier alpha value is -0.870. The van der Waals surface area contributed by atoms with E-state index in [-0.39, 0.29) is 5.91 Å². The fraction of sp³-hybridized carbons (Fsp3) is 0.500. The highest BCUT2D eigenvalue weighted by Crippen LogP contribution is 2.17. The molecule has 1 aromatic rings. The summed E-state index contributed by atoms with van der Waals surface area (Å²) in [6.07, 6.45) is 6.75. The van der Waals surface area contributed by atoms with Crippen molar-refractivity contribution in [3.63, 3.8) is 0 Å². The summed E-state index contributed by atoms with van der Waals surface area (Å²) in [4.78, 5) is 11.9. The first kappa shape index (κ1) is 16.2. The minimum Gasteiger partial charge on any atom is -0.398 e. The Balaban J connectivity index is 2.24. The van der Waals surface area contributed by atoms with Crippen molar-refractivity contribution < 1.29 is 4.79 Å². The Morgan fingerprint density at radius 2 is 2.05 bits per heavy atom. The second-order valence-corrected chi connectivity index (χ2v) is 5.82. The van der Waals surface area contributed by atoms with Crippen molar-refractivity contribution in [1.29, 1.82) is 0 Å². The van der Waals surface area contributed by atoms with E-state index in [0.717, 1.165) is 12.8 Å². The molecule has 0 spiro atoms. The molecule has 0 aromatic heterocycles. The maximum Gasteiger partial charge on any atom is 0.253 e. The molecule has 0 aliphatic rings. The molecule has 0 saturated heterocycles. The minimum absolute atomic E-state index is 0.127. The highest BCUT2D eigenvalue weighted by Gasteiger charge is 2.08. The molecular formula is C14H21ClN2OS. The van der Waals surface area contributed by atoms with Gasteiger partial charge < -0.3 is 11.1 Å². The summed E-state index contributed by atoms with van der Waals surface area (Å²) in [5.41, 5.74) is 6.67. The number of carbonyl (C=O) groups is 1. The van der Waals surface area contributed by atoms with E-state index in [2.05, 4.69) is 11.6 Å². The third-order valence-electron chi connectivity index (χ3n) is 2.82. The van der Waals surface area contributed by atoms with Crippen LogP contribution in [0, 0.1) is 0 Å². The molecule has 0 unspecified atom stereocenters. The molecule has 5 heteroatoms. The van der Waals surface area contributed by atoms with Crippen LogP contribution >= 0.6 is 23.4 Å². The molecular weight excluding hydrogens is 280 g/mol. The number of rotatable bonds is 8. The number of nitrogens with one attached hydrogen (secondary N) is 1. The summed E-state index contributed by atoms with van der Waals surface area (Å²) in [6, 6.07) is 4.93. The third kappa shape index (κ3) is 6.21. The van der Waals surface area contributed by atoms with Gasteiger partial charge in [0.15, 0.2) is 0 Å². The highest BCUT2D eigenvalue weighted by atomic mass is 35.5. The quantitative estimate of drug-likeness (QED) is 0.570. The van der Waals surface area contributed by atoms with Crippen LogP contribution in [0.4, 0.5) is 5.69 Å². The number of hydrogen-bond donors (Lipinski definition) is 2. The highest BCUT2D eigenvalue weighted by molar-refractivity contribution is 7.98. The first-order chi connectivity index (χ1) is 9.15. The van der Waals surface area contributed by atoms with Gasteiger partial charge in [-0.05, 0) is 43.0 Å². The molecule has 1 amide bonds. The first-order valence-corrected chi connectivity index (χ1v) is 8.24. The Labute approximate surface area is 124 Å². The summed E-state index contributed by atoms with van der Waals surface area (Å²) in [5.74, 6) is 1.09. The first-order valence-electron chi connectivity index (χ1n) is 6.47. The number of hydrogen-bond acceptors (Lipinski definition) is 3. The molecule has 0 saturated carbocycles. The van der Waals surface area contributed by atoms with E-state index in [4.69, 9.17) is 17.3 Å². The van der Waals surface area contributed by atoms with Crippen molar-refractivity contribution >= 4 is 35.0 Å². The lowest BCUT2D eigenvalue weighted by atomic mass is 10.1. The van der Waals surface area contributed by atoms with Gasteiger partial charge in [-0.3, -0.25) is 4.79 Å². The minimum atomic E-state index is -0.127. The number of carbonyl (C=O) groups excluding carboxylic acids is 1. The third-order valence-corrected chi connectivity index (χ3v) is 3.75. The predicted octanol–water partition coefficient (Wildman–Crippen LogP) is 3.58. The maximum absolute atomic E-state index is 11.9. The summed E-state index contributed by atoms with van der Waals surface area (Å²) in [7, 11) is 0. The summed E-state index contributed by atoms with van der Waals surface area (Å²) in [6.45, 7) is 0.695. The molecule has 3 nitrogen and oxygen atoms in total. The molecule has 0 atom stereocenters. The van der Waals surface area contributed by atoms with Crippen molar-refractivity contribution in [3.05, 3.63) is 28.8 Å². The average Bonchev–Trinajstić information content (AvgIpc) is 2.37. The van der Waals surface area contributed by atoms with E-state index in [1.807, 2.05) is 11.8 Å². The van der Waals surface area contributed by atoms with Gasteiger partial charge >= 0.3 is 0 Å². The van der Waals surface area contributed by atoms with Crippen molar-refractivity contribution in [1.82, 2.24) is 5.32 Å². The molecule has 1 aromatic carbocycles. The second-order valence-electron chi connectivity index (χ2n) is 4.39. The van der Waals surface area contributed by atoms with Crippen LogP contribution in [0.5, 0.6) is 0 Å².